The van der Waals surface area contributed by atoms with E-state index in [1.54, 1.807) is 6.07 Å². The molecule has 0 aliphatic rings. The summed E-state index contributed by atoms with van der Waals surface area (Å²) in [7, 11) is 0. The molecular formula is C18H9F6N5O3. The Bertz CT molecular complexity index is 1280. The topological polar surface area (TPSA) is 106 Å². The van der Waals surface area contributed by atoms with E-state index < -0.39 is 29.8 Å². The molecule has 0 bridgehead atoms. The van der Waals surface area contributed by atoms with Crippen molar-refractivity contribution in [3.05, 3.63) is 53.6 Å². The summed E-state index contributed by atoms with van der Waals surface area (Å²) in [5.41, 5.74) is -1.79. The van der Waals surface area contributed by atoms with E-state index in [1.807, 2.05) is 0 Å². The molecule has 0 saturated carbocycles. The molecule has 0 radical (unpaired) electrons. The van der Waals surface area contributed by atoms with Crippen molar-refractivity contribution in [3.63, 3.8) is 0 Å². The third-order valence-electron chi connectivity index (χ3n) is 4.12. The van der Waals surface area contributed by atoms with E-state index in [0.29, 0.717) is 17.5 Å². The van der Waals surface area contributed by atoms with Crippen LogP contribution in [0.15, 0.2) is 46.9 Å². The first kappa shape index (κ1) is 21.1. The Morgan fingerprint density at radius 1 is 1.03 bits per heavy atom. The summed E-state index contributed by atoms with van der Waals surface area (Å²) in [5, 5.41) is 16.0. The number of anilines is 1. The van der Waals surface area contributed by atoms with E-state index in [9.17, 15) is 31.1 Å². The molecule has 2 aromatic heterocycles. The van der Waals surface area contributed by atoms with Crippen molar-refractivity contribution in [2.24, 2.45) is 0 Å². The number of ether oxygens (including phenoxy) is 1. The first-order chi connectivity index (χ1) is 15.0. The summed E-state index contributed by atoms with van der Waals surface area (Å²) in [6, 6.07) is 7.51. The lowest BCUT2D eigenvalue weighted by Gasteiger charge is -2.16. The Balaban J connectivity index is 1.60. The number of amides is 1. The number of aromatic amines is 1. The maximum atomic E-state index is 13.2. The largest absolute Gasteiger partial charge is 0.573 e. The molecule has 166 valence electrons. The number of nitrogens with zero attached hydrogens (tertiary/aromatic N) is 3. The standard InChI is InChI=1S/C18H9F6N5O3/c19-17(20,21)11-7-10(3-4-12(11)32-18(22,23)24)25-16(30)9-2-1-8-5-14(31-13(8)6-9)15-26-28-29-27-15/h1-7H,(H,25,30)(H,26,27,28,29). The molecule has 2 heterocycles. The Kier molecular flexibility index (Phi) is 4.99. The number of hydrogen-bond donors (Lipinski definition) is 2. The maximum Gasteiger partial charge on any atom is 0.573 e. The Hall–Kier alpha value is -4.10. The second-order valence-electron chi connectivity index (χ2n) is 6.31. The highest BCUT2D eigenvalue weighted by molar-refractivity contribution is 6.06. The van der Waals surface area contributed by atoms with Crippen LogP contribution < -0.4 is 10.1 Å². The minimum atomic E-state index is -5.32. The van der Waals surface area contributed by atoms with E-state index >= 15 is 0 Å². The van der Waals surface area contributed by atoms with Crippen LogP contribution in [0.3, 0.4) is 0 Å². The van der Waals surface area contributed by atoms with Crippen LogP contribution in [-0.2, 0) is 6.18 Å². The number of halogens is 6. The molecule has 0 atom stereocenters. The number of benzene rings is 2. The fraction of sp³-hybridized carbons (Fsp3) is 0.111. The number of rotatable bonds is 4. The van der Waals surface area contributed by atoms with Gasteiger partial charge in [0.2, 0.25) is 5.82 Å². The monoisotopic (exact) mass is 457 g/mol. The van der Waals surface area contributed by atoms with Crippen LogP contribution in [0.1, 0.15) is 15.9 Å². The number of carbonyl (C=O) groups is 1. The average Bonchev–Trinajstić information content (AvgIpc) is 3.36. The Labute approximate surface area is 173 Å². The van der Waals surface area contributed by atoms with Crippen LogP contribution in [0, 0.1) is 0 Å². The predicted molar refractivity (Wildman–Crippen MR) is 95.5 cm³/mol. The quantitative estimate of drug-likeness (QED) is 0.427. The molecular weight excluding hydrogens is 448 g/mol. The van der Waals surface area contributed by atoms with Gasteiger partial charge in [0, 0.05) is 16.6 Å². The molecule has 14 heteroatoms. The molecule has 2 aromatic carbocycles. The Morgan fingerprint density at radius 2 is 1.81 bits per heavy atom. The van der Waals surface area contributed by atoms with Gasteiger partial charge in [0.25, 0.3) is 5.91 Å². The zero-order valence-electron chi connectivity index (χ0n) is 15.4. The summed E-state index contributed by atoms with van der Waals surface area (Å²) >= 11 is 0. The number of fused-ring (bicyclic) bond motifs is 1. The molecule has 0 saturated heterocycles. The highest BCUT2D eigenvalue weighted by atomic mass is 19.4. The van der Waals surface area contributed by atoms with E-state index in [2.05, 4.69) is 30.7 Å². The molecule has 0 spiro atoms. The summed E-state index contributed by atoms with van der Waals surface area (Å²) in [6.45, 7) is 0. The third kappa shape index (κ3) is 4.48. The van der Waals surface area contributed by atoms with E-state index in [4.69, 9.17) is 4.42 Å². The zero-order valence-corrected chi connectivity index (χ0v) is 15.4. The minimum absolute atomic E-state index is 0.0238. The summed E-state index contributed by atoms with van der Waals surface area (Å²) in [4.78, 5) is 12.5. The molecule has 0 aliphatic heterocycles. The molecule has 2 N–H and O–H groups in total. The van der Waals surface area contributed by atoms with Gasteiger partial charge in [-0.05, 0) is 41.6 Å². The number of carbonyl (C=O) groups excluding carboxylic acids is 1. The highest BCUT2D eigenvalue weighted by Gasteiger charge is 2.39. The summed E-state index contributed by atoms with van der Waals surface area (Å²) in [6.07, 6.45) is -10.5. The second-order valence-corrected chi connectivity index (χ2v) is 6.31. The smallest absolute Gasteiger partial charge is 0.453 e. The SMILES string of the molecule is O=C(Nc1ccc(OC(F)(F)F)c(C(F)(F)F)c1)c1ccc2cc(-c3nn[nH]n3)oc2c1. The number of H-pyrrole nitrogens is 1. The van der Waals surface area contributed by atoms with Gasteiger partial charge in [0.15, 0.2) is 5.76 Å². The molecule has 4 rings (SSSR count). The van der Waals surface area contributed by atoms with Crippen LogP contribution in [-0.4, -0.2) is 32.9 Å². The number of nitrogens with one attached hydrogen (secondary N) is 2. The van der Waals surface area contributed by atoms with Crippen LogP contribution in [0.4, 0.5) is 32.0 Å². The minimum Gasteiger partial charge on any atom is -0.453 e. The van der Waals surface area contributed by atoms with Gasteiger partial charge in [-0.2, -0.15) is 18.4 Å². The fourth-order valence-corrected chi connectivity index (χ4v) is 2.79. The first-order valence-electron chi connectivity index (χ1n) is 8.55. The number of aromatic nitrogens is 4. The van der Waals surface area contributed by atoms with Crippen molar-refractivity contribution < 1.29 is 40.3 Å². The second kappa shape index (κ2) is 7.55. The lowest BCUT2D eigenvalue weighted by molar-refractivity contribution is -0.276. The van der Waals surface area contributed by atoms with Gasteiger partial charge in [-0.1, -0.05) is 6.07 Å². The summed E-state index contributed by atoms with van der Waals surface area (Å²) in [5.74, 6) is -1.81. The van der Waals surface area contributed by atoms with Gasteiger partial charge in [0.05, 0.1) is 5.56 Å². The van der Waals surface area contributed by atoms with Crippen molar-refractivity contribution in [1.29, 1.82) is 0 Å². The molecule has 1 amide bonds. The number of hydrogen-bond acceptors (Lipinski definition) is 6. The lowest BCUT2D eigenvalue weighted by atomic mass is 10.1. The van der Waals surface area contributed by atoms with Gasteiger partial charge in [-0.3, -0.25) is 4.79 Å². The average molecular weight is 457 g/mol. The fourth-order valence-electron chi connectivity index (χ4n) is 2.79. The van der Waals surface area contributed by atoms with Crippen molar-refractivity contribution in [1.82, 2.24) is 20.6 Å². The third-order valence-corrected chi connectivity index (χ3v) is 4.12. The highest BCUT2D eigenvalue weighted by Crippen LogP contribution is 2.40. The van der Waals surface area contributed by atoms with Gasteiger partial charge in [-0.25, -0.2) is 0 Å². The molecule has 8 nitrogen and oxygen atoms in total. The van der Waals surface area contributed by atoms with Crippen LogP contribution in [0.2, 0.25) is 0 Å². The van der Waals surface area contributed by atoms with Crippen LogP contribution >= 0.6 is 0 Å². The Morgan fingerprint density at radius 3 is 2.47 bits per heavy atom. The van der Waals surface area contributed by atoms with Gasteiger partial charge in [-0.15, -0.1) is 23.4 Å². The zero-order chi connectivity index (χ0) is 23.1. The van der Waals surface area contributed by atoms with Gasteiger partial charge < -0.3 is 14.5 Å². The van der Waals surface area contributed by atoms with Crippen molar-refractivity contribution >= 4 is 22.6 Å². The van der Waals surface area contributed by atoms with E-state index in [1.165, 1.54) is 18.2 Å². The van der Waals surface area contributed by atoms with Crippen molar-refractivity contribution in [3.8, 4) is 17.3 Å². The predicted octanol–water partition coefficient (Wildman–Crippen LogP) is 4.78. The van der Waals surface area contributed by atoms with Crippen LogP contribution in [0.25, 0.3) is 22.6 Å². The molecule has 4 aromatic rings. The number of tetrazole rings is 1. The number of alkyl halides is 6. The lowest BCUT2D eigenvalue weighted by Crippen LogP contribution is -2.20. The molecule has 0 aliphatic carbocycles. The molecule has 0 unspecified atom stereocenters. The normalized spacial score (nSPS) is 12.2. The van der Waals surface area contributed by atoms with Crippen molar-refractivity contribution in [2.75, 3.05) is 5.32 Å². The van der Waals surface area contributed by atoms with E-state index in [0.717, 1.165) is 6.07 Å². The van der Waals surface area contributed by atoms with Gasteiger partial charge >= 0.3 is 12.5 Å². The number of furan rings is 1. The maximum absolute atomic E-state index is 13.2. The van der Waals surface area contributed by atoms with E-state index in [-0.39, 0.29) is 28.4 Å². The first-order valence-corrected chi connectivity index (χ1v) is 8.55. The van der Waals surface area contributed by atoms with Crippen LogP contribution in [0.5, 0.6) is 5.75 Å². The van der Waals surface area contributed by atoms with Gasteiger partial charge in [0.1, 0.15) is 11.3 Å². The molecule has 0 fully saturated rings. The summed E-state index contributed by atoms with van der Waals surface area (Å²) < 4.78 is 85.6. The van der Waals surface area contributed by atoms with Crippen molar-refractivity contribution in [2.45, 2.75) is 12.5 Å². The molecule has 32 heavy (non-hydrogen) atoms.